The summed E-state index contributed by atoms with van der Waals surface area (Å²) in [4.78, 5) is 45.2. The van der Waals surface area contributed by atoms with E-state index in [1.807, 2.05) is 31.2 Å². The third-order valence-electron chi connectivity index (χ3n) is 12.1. The van der Waals surface area contributed by atoms with Crippen LogP contribution in [0.5, 0.6) is 0 Å². The van der Waals surface area contributed by atoms with Gasteiger partial charge in [-0.3, -0.25) is 9.59 Å². The van der Waals surface area contributed by atoms with Crippen LogP contribution in [-0.2, 0) is 25.6 Å². The molecule has 0 radical (unpaired) electrons. The normalized spacial score (nSPS) is 33.8. The Balaban J connectivity index is 0.982. The number of benzene rings is 1. The molecule has 10 heteroatoms. The van der Waals surface area contributed by atoms with E-state index >= 15 is 0 Å². The summed E-state index contributed by atoms with van der Waals surface area (Å²) in [6, 6.07) is 6.42. The summed E-state index contributed by atoms with van der Waals surface area (Å²) >= 11 is 0. The highest BCUT2D eigenvalue weighted by Crippen LogP contribution is 2.67. The third-order valence-corrected chi connectivity index (χ3v) is 12.1. The Bertz CT molecular complexity index is 1540. The van der Waals surface area contributed by atoms with E-state index in [0.717, 1.165) is 73.5 Å². The average molecular weight is 619 g/mol. The van der Waals surface area contributed by atoms with Crippen molar-refractivity contribution < 1.29 is 29.4 Å². The fraction of sp³-hybridized carbons (Fsp3) is 0.600. The van der Waals surface area contributed by atoms with Crippen LogP contribution in [0.1, 0.15) is 77.7 Å². The van der Waals surface area contributed by atoms with Crippen LogP contribution in [0.3, 0.4) is 0 Å². The molecule has 3 saturated carbocycles. The standard InChI is InChI=1S/C35H46N4O6/c1-33-13-10-23(17-22(33)8-9-25-26(33)11-14-34(2)27(25)12-15-35(34,3)44)39-45-20-31(41)37-19-30(40)38-29(32(42)43)16-21-18-36-28-7-5-4-6-24(21)28/h4-7,17-18,25-27,29,36,44H,8-16,19-20H2,1-3H3,(H,37,41)(H,38,40)(H,42,43)/b39-23+/t25-,26+,27+,29-,33+,34+,35+/m1/s1. The lowest BCUT2D eigenvalue weighted by Gasteiger charge is -2.59. The molecule has 10 nitrogen and oxygen atoms in total. The van der Waals surface area contributed by atoms with E-state index in [9.17, 15) is 24.6 Å². The molecule has 2 aromatic rings. The lowest BCUT2D eigenvalue weighted by atomic mass is 9.46. The van der Waals surface area contributed by atoms with Crippen LogP contribution in [0, 0.1) is 28.6 Å². The Morgan fingerprint density at radius 2 is 1.82 bits per heavy atom. The van der Waals surface area contributed by atoms with Gasteiger partial charge in [0.25, 0.3) is 5.91 Å². The second-order valence-corrected chi connectivity index (χ2v) is 14.4. The molecule has 2 amide bonds. The van der Waals surface area contributed by atoms with E-state index in [4.69, 9.17) is 4.84 Å². The summed E-state index contributed by atoms with van der Waals surface area (Å²) in [5, 5.41) is 31.0. The number of carboxylic acids is 1. The van der Waals surface area contributed by atoms with Crippen molar-refractivity contribution in [2.24, 2.45) is 33.7 Å². The molecule has 7 atom stereocenters. The fourth-order valence-electron chi connectivity index (χ4n) is 9.26. The highest BCUT2D eigenvalue weighted by atomic mass is 16.6. The molecule has 0 spiro atoms. The van der Waals surface area contributed by atoms with Gasteiger partial charge in [-0.15, -0.1) is 0 Å². The smallest absolute Gasteiger partial charge is 0.326 e. The summed E-state index contributed by atoms with van der Waals surface area (Å²) in [6.07, 6.45) is 12.2. The van der Waals surface area contributed by atoms with Crippen molar-refractivity contribution in [3.8, 4) is 0 Å². The summed E-state index contributed by atoms with van der Waals surface area (Å²) in [7, 11) is 0. The van der Waals surface area contributed by atoms with Crippen LogP contribution in [-0.4, -0.2) is 63.5 Å². The van der Waals surface area contributed by atoms with Crippen molar-refractivity contribution in [3.63, 3.8) is 0 Å². The van der Waals surface area contributed by atoms with Crippen molar-refractivity contribution >= 4 is 34.4 Å². The molecule has 5 N–H and O–H groups in total. The van der Waals surface area contributed by atoms with Crippen LogP contribution >= 0.6 is 0 Å². The molecule has 0 unspecified atom stereocenters. The van der Waals surface area contributed by atoms with Gasteiger partial charge in [0.1, 0.15) is 6.04 Å². The van der Waals surface area contributed by atoms with Gasteiger partial charge in [-0.2, -0.15) is 0 Å². The van der Waals surface area contributed by atoms with E-state index in [1.165, 1.54) is 5.57 Å². The molecular weight excluding hydrogens is 572 g/mol. The van der Waals surface area contributed by atoms with Gasteiger partial charge < -0.3 is 30.7 Å². The van der Waals surface area contributed by atoms with Crippen LogP contribution < -0.4 is 10.6 Å². The van der Waals surface area contributed by atoms with Crippen LogP contribution in [0.4, 0.5) is 0 Å². The summed E-state index contributed by atoms with van der Waals surface area (Å²) in [5.41, 5.74) is 3.50. The molecule has 4 aliphatic carbocycles. The van der Waals surface area contributed by atoms with Gasteiger partial charge in [-0.1, -0.05) is 42.8 Å². The number of allylic oxidation sites excluding steroid dienone is 2. The molecule has 0 saturated heterocycles. The van der Waals surface area contributed by atoms with Gasteiger partial charge in [0.15, 0.2) is 6.61 Å². The number of hydrogen-bond acceptors (Lipinski definition) is 6. The molecule has 45 heavy (non-hydrogen) atoms. The average Bonchev–Trinajstić information content (AvgIpc) is 3.52. The molecule has 1 aromatic heterocycles. The molecule has 1 aromatic carbocycles. The van der Waals surface area contributed by atoms with Crippen LogP contribution in [0.15, 0.2) is 47.3 Å². The Morgan fingerprint density at radius 1 is 1.04 bits per heavy atom. The van der Waals surface area contributed by atoms with Gasteiger partial charge in [-0.25, -0.2) is 4.79 Å². The van der Waals surface area contributed by atoms with Gasteiger partial charge in [0.05, 0.1) is 17.9 Å². The quantitative estimate of drug-likeness (QED) is 0.261. The van der Waals surface area contributed by atoms with Crippen LogP contribution in [0.25, 0.3) is 10.9 Å². The molecule has 3 fully saturated rings. The Kier molecular flexibility index (Phi) is 8.31. The van der Waals surface area contributed by atoms with E-state index in [-0.39, 0.29) is 30.4 Å². The van der Waals surface area contributed by atoms with E-state index < -0.39 is 29.4 Å². The number of hydrogen-bond donors (Lipinski definition) is 5. The Morgan fingerprint density at radius 3 is 2.62 bits per heavy atom. The highest BCUT2D eigenvalue weighted by Gasteiger charge is 2.62. The first-order valence-corrected chi connectivity index (χ1v) is 16.4. The summed E-state index contributed by atoms with van der Waals surface area (Å²) in [6.45, 7) is 6.08. The van der Waals surface area contributed by atoms with E-state index in [1.54, 1.807) is 6.20 Å². The number of carbonyl (C=O) groups excluding carboxylic acids is 2. The Labute approximate surface area is 264 Å². The maximum absolute atomic E-state index is 12.5. The fourth-order valence-corrected chi connectivity index (χ4v) is 9.26. The first kappa shape index (κ1) is 31.3. The second kappa shape index (κ2) is 11.9. The molecule has 1 heterocycles. The number of amides is 2. The number of para-hydroxylation sites is 1. The van der Waals surface area contributed by atoms with Crippen molar-refractivity contribution in [1.82, 2.24) is 15.6 Å². The van der Waals surface area contributed by atoms with Crippen molar-refractivity contribution in [2.45, 2.75) is 90.2 Å². The molecule has 6 rings (SSSR count). The Hall–Kier alpha value is -3.66. The largest absolute Gasteiger partial charge is 0.480 e. The zero-order chi connectivity index (χ0) is 32.0. The number of H-pyrrole nitrogens is 1. The predicted octanol–water partition coefficient (Wildman–Crippen LogP) is 4.48. The number of aliphatic hydroxyl groups is 1. The number of aromatic nitrogens is 1. The van der Waals surface area contributed by atoms with Crippen molar-refractivity contribution in [3.05, 3.63) is 47.7 Å². The van der Waals surface area contributed by atoms with Gasteiger partial charge >= 0.3 is 5.97 Å². The topological polar surface area (TPSA) is 153 Å². The van der Waals surface area contributed by atoms with E-state index in [2.05, 4.69) is 40.7 Å². The van der Waals surface area contributed by atoms with Gasteiger partial charge in [0, 0.05) is 23.5 Å². The maximum Gasteiger partial charge on any atom is 0.326 e. The lowest BCUT2D eigenvalue weighted by molar-refractivity contribution is -0.141. The number of nitrogens with zero attached hydrogens (tertiary/aromatic N) is 1. The summed E-state index contributed by atoms with van der Waals surface area (Å²) in [5.74, 6) is -0.415. The number of fused-ring (bicyclic) bond motifs is 6. The first-order valence-electron chi connectivity index (χ1n) is 16.4. The van der Waals surface area contributed by atoms with Crippen molar-refractivity contribution in [1.29, 1.82) is 0 Å². The summed E-state index contributed by atoms with van der Waals surface area (Å²) < 4.78 is 0. The van der Waals surface area contributed by atoms with Crippen LogP contribution in [0.2, 0.25) is 0 Å². The number of carbonyl (C=O) groups is 3. The third kappa shape index (κ3) is 5.77. The number of aromatic amines is 1. The number of aliphatic carboxylic acids is 1. The molecule has 242 valence electrons. The predicted molar refractivity (Wildman–Crippen MR) is 170 cm³/mol. The minimum atomic E-state index is -1.15. The monoisotopic (exact) mass is 618 g/mol. The van der Waals surface area contributed by atoms with Gasteiger partial charge in [-0.05, 0) is 105 Å². The minimum Gasteiger partial charge on any atom is -0.480 e. The highest BCUT2D eigenvalue weighted by molar-refractivity contribution is 5.96. The molecular formula is C35H46N4O6. The lowest BCUT2D eigenvalue weighted by Crippen LogP contribution is -2.53. The number of carboxylic acid groups (broad SMARTS) is 1. The second-order valence-electron chi connectivity index (χ2n) is 14.4. The number of rotatable bonds is 9. The zero-order valence-electron chi connectivity index (χ0n) is 26.5. The number of nitrogens with one attached hydrogen (secondary N) is 3. The van der Waals surface area contributed by atoms with E-state index in [0.29, 0.717) is 17.8 Å². The SMILES string of the molecule is C[C@]12CC/C(=N\OCC(=O)NCC(=O)N[C@H](Cc3c[nH]c4ccccc34)C(=O)O)C=C1CC[C@@H]1[C@@H]2CC[C@@]2(C)[C@H]1CC[C@]2(C)O. The molecule has 0 aliphatic heterocycles. The maximum atomic E-state index is 12.5. The number of oxime groups is 1. The van der Waals surface area contributed by atoms with Crippen molar-refractivity contribution in [2.75, 3.05) is 13.2 Å². The first-order chi connectivity index (χ1) is 21.4. The zero-order valence-corrected chi connectivity index (χ0v) is 26.5. The van der Waals surface area contributed by atoms with Gasteiger partial charge in [0.2, 0.25) is 5.91 Å². The minimum absolute atomic E-state index is 0.0119. The molecule has 4 aliphatic rings. The molecule has 0 bridgehead atoms.